The van der Waals surface area contributed by atoms with Crippen LogP contribution in [0.25, 0.3) is 0 Å². The molecule has 0 saturated carbocycles. The Morgan fingerprint density at radius 2 is 2.00 bits per heavy atom. The minimum absolute atomic E-state index is 0.0295. The van der Waals surface area contributed by atoms with Crippen molar-refractivity contribution >= 4 is 11.9 Å². The van der Waals surface area contributed by atoms with Gasteiger partial charge in [0.25, 0.3) is 0 Å². The Labute approximate surface area is 52.0 Å². The van der Waals surface area contributed by atoms with Crippen molar-refractivity contribution in [2.24, 2.45) is 11.5 Å². The summed E-state index contributed by atoms with van der Waals surface area (Å²) in [6, 6.07) is 0. The Hall–Kier alpha value is -1.10. The van der Waals surface area contributed by atoms with Gasteiger partial charge in [0.1, 0.15) is 6.61 Å². The van der Waals surface area contributed by atoms with Crippen LogP contribution in [0, 0.1) is 0 Å². The van der Waals surface area contributed by atoms with E-state index in [1.165, 1.54) is 0 Å². The number of amides is 1. The molecule has 0 radical (unpaired) electrons. The normalized spacial score (nSPS) is 8.56. The molecule has 0 aliphatic rings. The number of carbonyl (C=O) groups is 2. The average Bonchev–Trinajstić information content (AvgIpc) is 1.82. The fourth-order valence-electron chi connectivity index (χ4n) is 0.223. The van der Waals surface area contributed by atoms with E-state index in [4.69, 9.17) is 5.73 Å². The smallest absolute Gasteiger partial charge is 0.396 e. The fourth-order valence-corrected chi connectivity index (χ4v) is 0.223. The number of nitrogens with two attached hydrogens (primary N) is 2. The van der Waals surface area contributed by atoms with Crippen molar-refractivity contribution in [3.63, 3.8) is 0 Å². The molecule has 0 aliphatic carbocycles. The lowest BCUT2D eigenvalue weighted by molar-refractivity contribution is -0.153. The van der Waals surface area contributed by atoms with Crippen molar-refractivity contribution in [1.82, 2.24) is 0 Å². The quantitative estimate of drug-likeness (QED) is 0.334. The lowest BCUT2D eigenvalue weighted by atomic mass is 10.6. The first kappa shape index (κ1) is 7.90. The SMILES string of the molecule is NCCOC(=O)C(N)=O. The number of carbonyl (C=O) groups excluding carboxylic acids is 2. The molecule has 4 N–H and O–H groups in total. The van der Waals surface area contributed by atoms with Gasteiger partial charge in [-0.2, -0.15) is 0 Å². The first-order chi connectivity index (χ1) is 4.18. The Morgan fingerprint density at radius 1 is 1.44 bits per heavy atom. The maximum Gasteiger partial charge on any atom is 0.396 e. The molecule has 0 aromatic heterocycles. The van der Waals surface area contributed by atoms with Crippen molar-refractivity contribution in [1.29, 1.82) is 0 Å². The second-order valence-electron chi connectivity index (χ2n) is 1.29. The third-order valence-corrected chi connectivity index (χ3v) is 0.552. The summed E-state index contributed by atoms with van der Waals surface area (Å²) in [5, 5.41) is 0. The summed E-state index contributed by atoms with van der Waals surface area (Å²) in [6.45, 7) is 0.223. The van der Waals surface area contributed by atoms with Gasteiger partial charge >= 0.3 is 11.9 Å². The summed E-state index contributed by atoms with van der Waals surface area (Å²) >= 11 is 0. The highest BCUT2D eigenvalue weighted by atomic mass is 16.5. The van der Waals surface area contributed by atoms with E-state index >= 15 is 0 Å². The van der Waals surface area contributed by atoms with Gasteiger partial charge in [-0.3, -0.25) is 4.79 Å². The van der Waals surface area contributed by atoms with Gasteiger partial charge < -0.3 is 16.2 Å². The van der Waals surface area contributed by atoms with Crippen molar-refractivity contribution in [3.05, 3.63) is 0 Å². The van der Waals surface area contributed by atoms with Crippen LogP contribution in [0.5, 0.6) is 0 Å². The molecule has 0 bridgehead atoms. The molecule has 0 rings (SSSR count). The zero-order valence-corrected chi connectivity index (χ0v) is 4.79. The van der Waals surface area contributed by atoms with Crippen LogP contribution in [0.3, 0.4) is 0 Å². The van der Waals surface area contributed by atoms with Crippen LogP contribution in [0.2, 0.25) is 0 Å². The van der Waals surface area contributed by atoms with Gasteiger partial charge in [0.15, 0.2) is 0 Å². The molecule has 0 saturated heterocycles. The Bertz CT molecular complexity index is 123. The Balaban J connectivity index is 3.39. The van der Waals surface area contributed by atoms with Gasteiger partial charge in [0, 0.05) is 6.54 Å². The molecule has 52 valence electrons. The number of primary amides is 1. The number of hydrogen-bond donors (Lipinski definition) is 2. The lowest BCUT2D eigenvalue weighted by Gasteiger charge is -1.96. The van der Waals surface area contributed by atoms with Gasteiger partial charge in [0.2, 0.25) is 0 Å². The van der Waals surface area contributed by atoms with Gasteiger partial charge in [-0.15, -0.1) is 0 Å². The molecule has 1 amide bonds. The fraction of sp³-hybridized carbons (Fsp3) is 0.500. The molecule has 5 nitrogen and oxygen atoms in total. The molecule has 0 aliphatic heterocycles. The average molecular weight is 132 g/mol. The highest BCUT2D eigenvalue weighted by Gasteiger charge is 2.07. The number of rotatable bonds is 2. The van der Waals surface area contributed by atoms with Crippen LogP contribution in [0.4, 0.5) is 0 Å². The summed E-state index contributed by atoms with van der Waals surface area (Å²) in [7, 11) is 0. The largest absolute Gasteiger partial charge is 0.457 e. The monoisotopic (exact) mass is 132 g/mol. The predicted molar refractivity (Wildman–Crippen MR) is 29.2 cm³/mol. The molecule has 0 fully saturated rings. The molecule has 0 unspecified atom stereocenters. The Morgan fingerprint density at radius 3 is 2.33 bits per heavy atom. The van der Waals surface area contributed by atoms with Crippen LogP contribution in [-0.4, -0.2) is 25.0 Å². The van der Waals surface area contributed by atoms with E-state index in [0.29, 0.717) is 0 Å². The third kappa shape index (κ3) is 3.48. The first-order valence-corrected chi connectivity index (χ1v) is 2.35. The summed E-state index contributed by atoms with van der Waals surface area (Å²) < 4.78 is 4.21. The minimum Gasteiger partial charge on any atom is -0.457 e. The maximum atomic E-state index is 10.1. The van der Waals surface area contributed by atoms with E-state index in [2.05, 4.69) is 10.5 Å². The zero-order valence-electron chi connectivity index (χ0n) is 4.79. The highest BCUT2D eigenvalue weighted by Crippen LogP contribution is 1.72. The predicted octanol–water partition coefficient (Wildman–Crippen LogP) is -2.03. The molecule has 0 aromatic rings. The van der Waals surface area contributed by atoms with E-state index in [-0.39, 0.29) is 13.2 Å². The number of hydrogen-bond acceptors (Lipinski definition) is 4. The van der Waals surface area contributed by atoms with Crippen LogP contribution < -0.4 is 11.5 Å². The number of esters is 1. The van der Waals surface area contributed by atoms with E-state index in [9.17, 15) is 9.59 Å². The molecule has 0 heterocycles. The molecule has 9 heavy (non-hydrogen) atoms. The Kier molecular flexibility index (Phi) is 3.38. The molecule has 0 atom stereocenters. The topological polar surface area (TPSA) is 95.4 Å². The second kappa shape index (κ2) is 3.85. The maximum absolute atomic E-state index is 10.1. The van der Waals surface area contributed by atoms with Crippen LogP contribution in [0.15, 0.2) is 0 Å². The lowest BCUT2D eigenvalue weighted by Crippen LogP contribution is -2.27. The van der Waals surface area contributed by atoms with Crippen molar-refractivity contribution in [2.75, 3.05) is 13.2 Å². The van der Waals surface area contributed by atoms with Gasteiger partial charge in [-0.05, 0) is 0 Å². The molecule has 5 heteroatoms. The summed E-state index contributed by atoms with van der Waals surface area (Å²) in [5.41, 5.74) is 9.47. The van der Waals surface area contributed by atoms with E-state index < -0.39 is 11.9 Å². The van der Waals surface area contributed by atoms with Crippen LogP contribution in [-0.2, 0) is 14.3 Å². The summed E-state index contributed by atoms with van der Waals surface area (Å²) in [5.74, 6) is -2.14. The van der Waals surface area contributed by atoms with Gasteiger partial charge in [-0.1, -0.05) is 0 Å². The molecule has 0 aromatic carbocycles. The number of ether oxygens (including phenoxy) is 1. The summed E-state index contributed by atoms with van der Waals surface area (Å²) in [6.07, 6.45) is 0. The second-order valence-corrected chi connectivity index (χ2v) is 1.29. The van der Waals surface area contributed by atoms with E-state index in [1.807, 2.05) is 0 Å². The molecular formula is C4H8N2O3. The van der Waals surface area contributed by atoms with Crippen LogP contribution >= 0.6 is 0 Å². The van der Waals surface area contributed by atoms with Crippen molar-refractivity contribution in [2.45, 2.75) is 0 Å². The third-order valence-electron chi connectivity index (χ3n) is 0.552. The van der Waals surface area contributed by atoms with E-state index in [1.54, 1.807) is 0 Å². The van der Waals surface area contributed by atoms with Gasteiger partial charge in [-0.25, -0.2) is 4.79 Å². The van der Waals surface area contributed by atoms with Crippen LogP contribution in [0.1, 0.15) is 0 Å². The van der Waals surface area contributed by atoms with Crippen molar-refractivity contribution < 1.29 is 14.3 Å². The highest BCUT2D eigenvalue weighted by molar-refractivity contribution is 6.31. The minimum atomic E-state index is -1.09. The first-order valence-electron chi connectivity index (χ1n) is 2.35. The summed E-state index contributed by atoms with van der Waals surface area (Å²) in [4.78, 5) is 20.1. The van der Waals surface area contributed by atoms with E-state index in [0.717, 1.165) is 0 Å². The standard InChI is InChI=1S/C4H8N2O3/c5-1-2-9-4(8)3(6)7/h1-2,5H2,(H2,6,7). The molecular weight excluding hydrogens is 124 g/mol. The molecule has 0 spiro atoms. The zero-order chi connectivity index (χ0) is 7.28. The van der Waals surface area contributed by atoms with Gasteiger partial charge in [0.05, 0.1) is 0 Å². The van der Waals surface area contributed by atoms with Crippen molar-refractivity contribution in [3.8, 4) is 0 Å².